The van der Waals surface area contributed by atoms with Crippen molar-refractivity contribution >= 4 is 17.4 Å². The number of ether oxygens (including phenoxy) is 1. The van der Waals surface area contributed by atoms with Gasteiger partial charge in [-0.15, -0.1) is 0 Å². The molecule has 2 N–H and O–H groups in total. The summed E-state index contributed by atoms with van der Waals surface area (Å²) in [6, 6.07) is 7.09. The molecule has 21 heavy (non-hydrogen) atoms. The number of nitrogens with zero attached hydrogens (tertiary/aromatic N) is 1. The van der Waals surface area contributed by atoms with Crippen LogP contribution in [0.4, 0.5) is 5.82 Å². The summed E-state index contributed by atoms with van der Waals surface area (Å²) >= 11 is 6.09. The second kappa shape index (κ2) is 5.18. The molecule has 0 atom stereocenters. The number of benzene rings is 1. The van der Waals surface area contributed by atoms with Gasteiger partial charge in [-0.05, 0) is 31.2 Å². The lowest BCUT2D eigenvalue weighted by Crippen LogP contribution is -1.93. The number of methoxy groups -OCH3 is 1. The van der Waals surface area contributed by atoms with Crippen molar-refractivity contribution in [3.63, 3.8) is 0 Å². The van der Waals surface area contributed by atoms with E-state index in [2.05, 4.69) is 5.16 Å². The van der Waals surface area contributed by atoms with Gasteiger partial charge in [0.25, 0.3) is 0 Å². The van der Waals surface area contributed by atoms with Crippen molar-refractivity contribution in [2.75, 3.05) is 12.8 Å². The van der Waals surface area contributed by atoms with Gasteiger partial charge in [0.15, 0.2) is 11.6 Å². The predicted molar refractivity (Wildman–Crippen MR) is 80.4 cm³/mol. The zero-order chi connectivity index (χ0) is 15.0. The summed E-state index contributed by atoms with van der Waals surface area (Å²) in [4.78, 5) is 0. The molecule has 6 heteroatoms. The Kier molecular flexibility index (Phi) is 3.35. The highest BCUT2D eigenvalue weighted by atomic mass is 35.5. The Morgan fingerprint density at radius 3 is 2.71 bits per heavy atom. The minimum Gasteiger partial charge on any atom is -0.496 e. The molecule has 0 radical (unpaired) electrons. The molecule has 1 aromatic carbocycles. The number of nitrogen functional groups attached to an aromatic ring is 1. The third-order valence-electron chi connectivity index (χ3n) is 3.25. The van der Waals surface area contributed by atoms with Crippen molar-refractivity contribution in [3.8, 4) is 28.2 Å². The van der Waals surface area contributed by atoms with Crippen LogP contribution in [0.25, 0.3) is 22.5 Å². The first kappa shape index (κ1) is 13.6. The van der Waals surface area contributed by atoms with Crippen molar-refractivity contribution in [3.05, 3.63) is 41.3 Å². The van der Waals surface area contributed by atoms with Gasteiger partial charge in [0.2, 0.25) is 0 Å². The summed E-state index contributed by atoms with van der Waals surface area (Å²) < 4.78 is 16.1. The number of hydrogen-bond acceptors (Lipinski definition) is 5. The van der Waals surface area contributed by atoms with Crippen LogP contribution in [0.1, 0.15) is 5.76 Å². The molecule has 0 aliphatic carbocycles. The number of aromatic nitrogens is 1. The van der Waals surface area contributed by atoms with Gasteiger partial charge in [0.05, 0.1) is 24.5 Å². The maximum atomic E-state index is 6.09. The molecule has 2 aromatic heterocycles. The van der Waals surface area contributed by atoms with Crippen molar-refractivity contribution in [1.29, 1.82) is 0 Å². The topological polar surface area (TPSA) is 74.4 Å². The molecule has 0 saturated carbocycles. The maximum Gasteiger partial charge on any atom is 0.180 e. The molecule has 0 amide bonds. The van der Waals surface area contributed by atoms with Gasteiger partial charge in [0, 0.05) is 10.6 Å². The van der Waals surface area contributed by atoms with E-state index >= 15 is 0 Å². The maximum absolute atomic E-state index is 6.09. The zero-order valence-electron chi connectivity index (χ0n) is 11.5. The Balaban J connectivity index is 2.27. The third-order valence-corrected chi connectivity index (χ3v) is 3.49. The first-order chi connectivity index (χ1) is 10.1. The van der Waals surface area contributed by atoms with E-state index in [9.17, 15) is 0 Å². The van der Waals surface area contributed by atoms with E-state index < -0.39 is 0 Å². The van der Waals surface area contributed by atoms with Gasteiger partial charge in [-0.25, -0.2) is 0 Å². The Hall–Kier alpha value is -2.40. The van der Waals surface area contributed by atoms with Gasteiger partial charge in [-0.3, -0.25) is 0 Å². The molecule has 0 aliphatic heterocycles. The summed E-state index contributed by atoms with van der Waals surface area (Å²) in [7, 11) is 1.58. The molecule has 0 saturated heterocycles. The van der Waals surface area contributed by atoms with E-state index in [1.54, 1.807) is 37.6 Å². The Labute approximate surface area is 126 Å². The standard InChI is InChI=1S/C15H13ClN2O3/c1-8-10(5-6-20-8)14-13(15(17)18-21-14)11-7-9(16)3-4-12(11)19-2/h3-7H,1-2H3,(H2,17,18). The van der Waals surface area contributed by atoms with Gasteiger partial charge in [-0.1, -0.05) is 16.8 Å². The smallest absolute Gasteiger partial charge is 0.180 e. The highest BCUT2D eigenvalue weighted by molar-refractivity contribution is 6.31. The highest BCUT2D eigenvalue weighted by Crippen LogP contribution is 2.42. The molecule has 0 bridgehead atoms. The molecule has 5 nitrogen and oxygen atoms in total. The molecular formula is C15H13ClN2O3. The SMILES string of the molecule is COc1ccc(Cl)cc1-c1c(N)noc1-c1ccoc1C. The molecule has 3 rings (SSSR count). The zero-order valence-corrected chi connectivity index (χ0v) is 12.3. The molecule has 0 unspecified atom stereocenters. The number of hydrogen-bond donors (Lipinski definition) is 1. The highest BCUT2D eigenvalue weighted by Gasteiger charge is 2.23. The molecule has 2 heterocycles. The Morgan fingerprint density at radius 2 is 2.05 bits per heavy atom. The first-order valence-electron chi connectivity index (χ1n) is 6.25. The summed E-state index contributed by atoms with van der Waals surface area (Å²) in [5, 5.41) is 4.43. The van der Waals surface area contributed by atoms with Crippen LogP contribution in [-0.4, -0.2) is 12.3 Å². The monoisotopic (exact) mass is 304 g/mol. The van der Waals surface area contributed by atoms with Crippen molar-refractivity contribution in [1.82, 2.24) is 5.16 Å². The lowest BCUT2D eigenvalue weighted by Gasteiger charge is -2.09. The number of rotatable bonds is 3. The Bertz CT molecular complexity index is 792. The van der Waals surface area contributed by atoms with E-state index in [0.29, 0.717) is 27.9 Å². The first-order valence-corrected chi connectivity index (χ1v) is 6.63. The van der Waals surface area contributed by atoms with E-state index in [4.69, 9.17) is 31.0 Å². The van der Waals surface area contributed by atoms with E-state index in [0.717, 1.165) is 11.1 Å². The average molecular weight is 305 g/mol. The van der Waals surface area contributed by atoms with Crippen LogP contribution < -0.4 is 10.5 Å². The fourth-order valence-electron chi connectivity index (χ4n) is 2.24. The molecule has 0 fully saturated rings. The molecule has 3 aromatic rings. The summed E-state index contributed by atoms with van der Waals surface area (Å²) in [5.41, 5.74) is 8.12. The van der Waals surface area contributed by atoms with Crippen LogP contribution in [-0.2, 0) is 0 Å². The van der Waals surface area contributed by atoms with Crippen LogP contribution in [0.15, 0.2) is 39.5 Å². The van der Waals surface area contributed by atoms with E-state index in [1.165, 1.54) is 0 Å². The number of furan rings is 1. The third kappa shape index (κ3) is 2.25. The predicted octanol–water partition coefficient (Wildman–Crippen LogP) is 4.15. The van der Waals surface area contributed by atoms with E-state index in [1.807, 2.05) is 6.92 Å². The summed E-state index contributed by atoms with van der Waals surface area (Å²) in [5.74, 6) is 2.15. The van der Waals surface area contributed by atoms with Gasteiger partial charge >= 0.3 is 0 Å². The minimum absolute atomic E-state index is 0.270. The van der Waals surface area contributed by atoms with Crippen molar-refractivity contribution < 1.29 is 13.7 Å². The number of aryl methyl sites for hydroxylation is 1. The molecular weight excluding hydrogens is 292 g/mol. The Morgan fingerprint density at radius 1 is 1.24 bits per heavy atom. The summed E-state index contributed by atoms with van der Waals surface area (Å²) in [6.45, 7) is 1.84. The van der Waals surface area contributed by atoms with Crippen molar-refractivity contribution in [2.45, 2.75) is 6.92 Å². The average Bonchev–Trinajstić information content (AvgIpc) is 3.04. The van der Waals surface area contributed by atoms with Crippen LogP contribution in [0.3, 0.4) is 0 Å². The van der Waals surface area contributed by atoms with Crippen LogP contribution in [0.5, 0.6) is 5.75 Å². The molecule has 0 spiro atoms. The van der Waals surface area contributed by atoms with Crippen molar-refractivity contribution in [2.24, 2.45) is 0 Å². The normalized spacial score (nSPS) is 10.8. The van der Waals surface area contributed by atoms with Crippen LogP contribution >= 0.6 is 11.6 Å². The minimum atomic E-state index is 0.270. The lowest BCUT2D eigenvalue weighted by molar-refractivity contribution is 0.416. The van der Waals surface area contributed by atoms with Gasteiger partial charge < -0.3 is 19.4 Å². The fraction of sp³-hybridized carbons (Fsp3) is 0.133. The molecule has 108 valence electrons. The summed E-state index contributed by atoms with van der Waals surface area (Å²) in [6.07, 6.45) is 1.59. The van der Waals surface area contributed by atoms with E-state index in [-0.39, 0.29) is 5.82 Å². The number of nitrogens with two attached hydrogens (primary N) is 1. The lowest BCUT2D eigenvalue weighted by atomic mass is 10.0. The van der Waals surface area contributed by atoms with Crippen LogP contribution in [0, 0.1) is 6.92 Å². The quantitative estimate of drug-likeness (QED) is 0.786. The molecule has 0 aliphatic rings. The number of halogens is 1. The number of anilines is 1. The van der Waals surface area contributed by atoms with Crippen LogP contribution in [0.2, 0.25) is 5.02 Å². The van der Waals surface area contributed by atoms with Gasteiger partial charge in [-0.2, -0.15) is 0 Å². The second-order valence-corrected chi connectivity index (χ2v) is 4.94. The second-order valence-electron chi connectivity index (χ2n) is 4.51. The van der Waals surface area contributed by atoms with Gasteiger partial charge in [0.1, 0.15) is 11.5 Å². The fourth-order valence-corrected chi connectivity index (χ4v) is 2.41. The largest absolute Gasteiger partial charge is 0.496 e.